The molecule has 45 heavy (non-hydrogen) atoms. The fraction of sp³-hybridized carbons (Fsp3) is 0.786. The predicted octanol–water partition coefficient (Wildman–Crippen LogP) is -1.24. The SMILES string of the molecule is CCCOCCOCCOCCOCCC(=O)NC(CCC(=O)O)C(=O)NC(C(=O)NC(CCCNC(N)=O)C(N)=O)C(C)C. The van der Waals surface area contributed by atoms with Crippen molar-refractivity contribution in [1.82, 2.24) is 21.3 Å². The third kappa shape index (κ3) is 22.6. The molecular formula is C28H52N6O11. The average molecular weight is 649 g/mol. The maximum absolute atomic E-state index is 13.1. The predicted molar refractivity (Wildman–Crippen MR) is 162 cm³/mol. The Kier molecular flexibility index (Phi) is 23.7. The number of carboxylic acid groups (broad SMARTS) is 1. The van der Waals surface area contributed by atoms with Gasteiger partial charge < -0.3 is 56.8 Å². The molecule has 0 aromatic carbocycles. The van der Waals surface area contributed by atoms with Gasteiger partial charge in [-0.25, -0.2) is 4.79 Å². The highest BCUT2D eigenvalue weighted by Crippen LogP contribution is 2.07. The van der Waals surface area contributed by atoms with Gasteiger partial charge in [0.1, 0.15) is 18.1 Å². The number of rotatable bonds is 28. The first-order chi connectivity index (χ1) is 21.4. The molecule has 17 nitrogen and oxygen atoms in total. The molecule has 0 aromatic heterocycles. The van der Waals surface area contributed by atoms with E-state index in [1.54, 1.807) is 13.8 Å². The van der Waals surface area contributed by atoms with Gasteiger partial charge in [-0.3, -0.25) is 24.0 Å². The van der Waals surface area contributed by atoms with E-state index in [1.165, 1.54) is 0 Å². The van der Waals surface area contributed by atoms with Crippen molar-refractivity contribution in [3.63, 3.8) is 0 Å². The van der Waals surface area contributed by atoms with Crippen molar-refractivity contribution >= 4 is 35.6 Å². The maximum atomic E-state index is 13.1. The number of primary amides is 2. The van der Waals surface area contributed by atoms with Crippen molar-refractivity contribution < 1.29 is 52.8 Å². The van der Waals surface area contributed by atoms with Crippen LogP contribution >= 0.6 is 0 Å². The van der Waals surface area contributed by atoms with Crippen molar-refractivity contribution in [3.8, 4) is 0 Å². The quantitative estimate of drug-likeness (QED) is 0.0494. The molecule has 0 saturated carbocycles. The monoisotopic (exact) mass is 648 g/mol. The molecule has 0 bridgehead atoms. The Hall–Kier alpha value is -3.54. The maximum Gasteiger partial charge on any atom is 0.312 e. The van der Waals surface area contributed by atoms with Crippen molar-refractivity contribution in [2.75, 3.05) is 59.4 Å². The smallest absolute Gasteiger partial charge is 0.312 e. The summed E-state index contributed by atoms with van der Waals surface area (Å²) in [5.74, 6) is -4.45. The van der Waals surface area contributed by atoms with Gasteiger partial charge in [-0.05, 0) is 31.6 Å². The fourth-order valence-electron chi connectivity index (χ4n) is 3.73. The van der Waals surface area contributed by atoms with Gasteiger partial charge in [0.05, 0.1) is 46.2 Å². The molecule has 0 fully saturated rings. The van der Waals surface area contributed by atoms with Crippen LogP contribution in [0.15, 0.2) is 0 Å². The van der Waals surface area contributed by atoms with Gasteiger partial charge in [0.2, 0.25) is 23.6 Å². The Morgan fingerprint density at radius 3 is 1.73 bits per heavy atom. The van der Waals surface area contributed by atoms with Crippen molar-refractivity contribution in [1.29, 1.82) is 0 Å². The second-order valence-electron chi connectivity index (χ2n) is 10.4. The number of ether oxygens (including phenoxy) is 4. The van der Waals surface area contributed by atoms with Crippen LogP contribution < -0.4 is 32.7 Å². The lowest BCUT2D eigenvalue weighted by atomic mass is 10.0. The van der Waals surface area contributed by atoms with E-state index in [9.17, 15) is 28.8 Å². The van der Waals surface area contributed by atoms with Crippen molar-refractivity contribution in [3.05, 3.63) is 0 Å². The number of nitrogens with two attached hydrogens (primary N) is 2. The topological polar surface area (TPSA) is 260 Å². The third-order valence-corrected chi connectivity index (χ3v) is 6.11. The summed E-state index contributed by atoms with van der Waals surface area (Å²) in [4.78, 5) is 72.4. The number of hydrogen-bond donors (Lipinski definition) is 7. The van der Waals surface area contributed by atoms with Crippen LogP contribution in [0.25, 0.3) is 0 Å². The second kappa shape index (κ2) is 25.8. The van der Waals surface area contributed by atoms with Gasteiger partial charge in [0.15, 0.2) is 0 Å². The zero-order valence-corrected chi connectivity index (χ0v) is 26.6. The van der Waals surface area contributed by atoms with Crippen LogP contribution in [0.1, 0.15) is 59.3 Å². The highest BCUT2D eigenvalue weighted by molar-refractivity contribution is 5.94. The van der Waals surface area contributed by atoms with E-state index in [2.05, 4.69) is 21.3 Å². The molecule has 0 aliphatic rings. The fourth-order valence-corrected chi connectivity index (χ4v) is 3.73. The van der Waals surface area contributed by atoms with Gasteiger partial charge in [0, 0.05) is 26.0 Å². The lowest BCUT2D eigenvalue weighted by Gasteiger charge is -2.26. The third-order valence-electron chi connectivity index (χ3n) is 6.11. The van der Waals surface area contributed by atoms with Gasteiger partial charge in [-0.15, -0.1) is 0 Å². The van der Waals surface area contributed by atoms with Gasteiger partial charge in [-0.1, -0.05) is 20.8 Å². The molecule has 0 heterocycles. The first-order valence-electron chi connectivity index (χ1n) is 15.1. The first kappa shape index (κ1) is 41.5. The van der Waals surface area contributed by atoms with Crippen LogP contribution in [-0.2, 0) is 42.9 Å². The van der Waals surface area contributed by atoms with Crippen LogP contribution in [0.3, 0.4) is 0 Å². The molecule has 0 saturated heterocycles. The number of urea groups is 1. The van der Waals surface area contributed by atoms with E-state index in [-0.39, 0.29) is 39.0 Å². The lowest BCUT2D eigenvalue weighted by molar-refractivity contribution is -0.138. The Balaban J connectivity index is 4.78. The summed E-state index contributed by atoms with van der Waals surface area (Å²) < 4.78 is 21.4. The Bertz CT molecular complexity index is 906. The minimum absolute atomic E-state index is 0.0359. The van der Waals surface area contributed by atoms with E-state index in [0.717, 1.165) is 6.42 Å². The Labute approximate surface area is 264 Å². The Morgan fingerprint density at radius 2 is 1.24 bits per heavy atom. The summed E-state index contributed by atoms with van der Waals surface area (Å²) in [6.07, 6.45) is 0.612. The molecule has 0 aromatic rings. The lowest BCUT2D eigenvalue weighted by Crippen LogP contribution is -2.58. The van der Waals surface area contributed by atoms with Gasteiger partial charge in [0.25, 0.3) is 0 Å². The molecule has 0 aliphatic heterocycles. The summed E-state index contributed by atoms with van der Waals surface area (Å²) in [7, 11) is 0. The minimum Gasteiger partial charge on any atom is -0.481 e. The van der Waals surface area contributed by atoms with Crippen LogP contribution in [-0.4, -0.2) is 118 Å². The number of carbonyl (C=O) groups excluding carboxylic acids is 5. The second-order valence-corrected chi connectivity index (χ2v) is 10.4. The highest BCUT2D eigenvalue weighted by atomic mass is 16.6. The highest BCUT2D eigenvalue weighted by Gasteiger charge is 2.31. The van der Waals surface area contributed by atoms with E-state index < -0.39 is 66.1 Å². The van der Waals surface area contributed by atoms with Crippen LogP contribution in [0, 0.1) is 5.92 Å². The summed E-state index contributed by atoms with van der Waals surface area (Å²) in [5.41, 5.74) is 10.4. The van der Waals surface area contributed by atoms with Crippen molar-refractivity contribution in [2.45, 2.75) is 77.4 Å². The van der Waals surface area contributed by atoms with E-state index in [1.807, 2.05) is 6.92 Å². The zero-order valence-electron chi connectivity index (χ0n) is 26.6. The molecular weight excluding hydrogens is 596 g/mol. The van der Waals surface area contributed by atoms with E-state index >= 15 is 0 Å². The van der Waals surface area contributed by atoms with Crippen LogP contribution in [0.5, 0.6) is 0 Å². The van der Waals surface area contributed by atoms with Gasteiger partial charge in [-0.2, -0.15) is 0 Å². The molecule has 0 spiro atoms. The molecule has 3 atom stereocenters. The number of nitrogens with one attached hydrogen (secondary N) is 4. The van der Waals surface area contributed by atoms with Crippen molar-refractivity contribution in [2.24, 2.45) is 17.4 Å². The van der Waals surface area contributed by atoms with E-state index in [4.69, 9.17) is 35.5 Å². The minimum atomic E-state index is -1.25. The molecule has 0 rings (SSSR count). The van der Waals surface area contributed by atoms with E-state index in [0.29, 0.717) is 46.1 Å². The number of aliphatic carboxylic acids is 1. The first-order valence-corrected chi connectivity index (χ1v) is 15.1. The van der Waals surface area contributed by atoms with Gasteiger partial charge >= 0.3 is 12.0 Å². The number of amides is 6. The number of carboxylic acids is 1. The van der Waals surface area contributed by atoms with Crippen LogP contribution in [0.4, 0.5) is 4.79 Å². The number of hydrogen-bond acceptors (Lipinski definition) is 10. The number of carbonyl (C=O) groups is 6. The summed E-state index contributed by atoms with van der Waals surface area (Å²) in [6, 6.07) is -4.19. The average Bonchev–Trinajstić information content (AvgIpc) is 2.97. The molecule has 17 heteroatoms. The zero-order chi connectivity index (χ0) is 34.0. The normalized spacial score (nSPS) is 13.0. The molecule has 6 amide bonds. The molecule has 0 radical (unpaired) electrons. The molecule has 260 valence electrons. The molecule has 0 aliphatic carbocycles. The largest absolute Gasteiger partial charge is 0.481 e. The Morgan fingerprint density at radius 1 is 0.689 bits per heavy atom. The summed E-state index contributed by atoms with van der Waals surface area (Å²) in [5, 5.41) is 19.0. The van der Waals surface area contributed by atoms with Crippen LogP contribution in [0.2, 0.25) is 0 Å². The standard InChI is InChI=1S/C28H52N6O11/c1-4-11-42-13-15-44-17-18-45-16-14-43-12-9-22(35)32-21(7-8-23(36)37)26(39)34-24(19(2)3)27(40)33-20(25(29)38)6-5-10-31-28(30)41/h19-21,24H,4-18H2,1-3H3,(H2,29,38)(H,32,35)(H,33,40)(H,34,39)(H,36,37)(H3,30,31,41). The summed E-state index contributed by atoms with van der Waals surface area (Å²) >= 11 is 0. The summed E-state index contributed by atoms with van der Waals surface area (Å²) in [6.45, 7) is 8.57. The molecule has 3 unspecified atom stereocenters. The molecule has 9 N–H and O–H groups in total.